The largest absolute Gasteiger partial charge is 0.497 e. The molecule has 0 aliphatic rings. The zero-order chi connectivity index (χ0) is 14.5. The number of hydrogen-bond acceptors (Lipinski definition) is 3. The van der Waals surface area contributed by atoms with Crippen LogP contribution in [0.3, 0.4) is 0 Å². The summed E-state index contributed by atoms with van der Waals surface area (Å²) in [5.41, 5.74) is 1.37. The Morgan fingerprint density at radius 1 is 1.10 bits per heavy atom. The molecule has 0 fully saturated rings. The van der Waals surface area contributed by atoms with Gasteiger partial charge in [0.1, 0.15) is 11.5 Å². The summed E-state index contributed by atoms with van der Waals surface area (Å²) in [6.07, 6.45) is 0.233. The second kappa shape index (κ2) is 6.44. The van der Waals surface area contributed by atoms with E-state index in [1.165, 1.54) is 0 Å². The molecule has 2 rings (SSSR count). The highest BCUT2D eigenvalue weighted by atomic mass is 35.5. The molecule has 0 spiro atoms. The second-order valence-electron chi connectivity index (χ2n) is 4.29. The first-order valence-corrected chi connectivity index (χ1v) is 6.51. The lowest BCUT2D eigenvalue weighted by atomic mass is 10.0. The van der Waals surface area contributed by atoms with E-state index < -0.39 is 0 Å². The first-order chi connectivity index (χ1) is 9.63. The molecule has 0 atom stereocenters. The van der Waals surface area contributed by atoms with Crippen molar-refractivity contribution >= 4 is 17.4 Å². The number of ketones is 1. The summed E-state index contributed by atoms with van der Waals surface area (Å²) in [5, 5.41) is 0.583. The molecule has 4 heteroatoms. The number of ether oxygens (including phenoxy) is 2. The van der Waals surface area contributed by atoms with Crippen LogP contribution in [0.4, 0.5) is 0 Å². The maximum absolute atomic E-state index is 12.3. The Hall–Kier alpha value is -2.00. The van der Waals surface area contributed by atoms with E-state index in [1.807, 2.05) is 0 Å². The fourth-order valence-corrected chi connectivity index (χ4v) is 2.15. The smallest absolute Gasteiger partial charge is 0.167 e. The topological polar surface area (TPSA) is 35.5 Å². The minimum Gasteiger partial charge on any atom is -0.497 e. The fraction of sp³-hybridized carbons (Fsp3) is 0.188. The number of carbonyl (C=O) groups excluding carboxylic acids is 1. The van der Waals surface area contributed by atoms with Crippen LogP contribution in [0.15, 0.2) is 42.5 Å². The molecule has 0 N–H and O–H groups in total. The van der Waals surface area contributed by atoms with Crippen molar-refractivity contribution in [2.45, 2.75) is 6.42 Å². The van der Waals surface area contributed by atoms with Gasteiger partial charge in [0, 0.05) is 22.6 Å². The van der Waals surface area contributed by atoms with Crippen molar-refractivity contribution in [2.75, 3.05) is 14.2 Å². The normalized spacial score (nSPS) is 10.2. The van der Waals surface area contributed by atoms with Gasteiger partial charge in [-0.15, -0.1) is 0 Å². The molecule has 0 unspecified atom stereocenters. The number of carbonyl (C=O) groups is 1. The third-order valence-corrected chi connectivity index (χ3v) is 3.22. The number of hydrogen-bond donors (Lipinski definition) is 0. The SMILES string of the molecule is COc1cccc(C(=O)Cc2cc(Cl)ccc2OC)c1. The van der Waals surface area contributed by atoms with Crippen molar-refractivity contribution in [3.63, 3.8) is 0 Å². The number of Topliss-reactive ketones (excluding diaryl/α,β-unsaturated/α-hetero) is 1. The van der Waals surface area contributed by atoms with Crippen molar-refractivity contribution in [1.29, 1.82) is 0 Å². The van der Waals surface area contributed by atoms with E-state index in [2.05, 4.69) is 0 Å². The van der Waals surface area contributed by atoms with Gasteiger partial charge in [-0.25, -0.2) is 0 Å². The molecule has 2 aromatic carbocycles. The summed E-state index contributed by atoms with van der Waals surface area (Å²) >= 11 is 5.96. The van der Waals surface area contributed by atoms with Crippen molar-refractivity contribution in [2.24, 2.45) is 0 Å². The molecule has 0 saturated carbocycles. The molecule has 0 aliphatic carbocycles. The Morgan fingerprint density at radius 2 is 1.90 bits per heavy atom. The van der Waals surface area contributed by atoms with Crippen molar-refractivity contribution in [3.8, 4) is 11.5 Å². The Bertz CT molecular complexity index is 623. The summed E-state index contributed by atoms with van der Waals surface area (Å²) in [5.74, 6) is 1.31. The molecule has 0 heterocycles. The summed E-state index contributed by atoms with van der Waals surface area (Å²) < 4.78 is 10.4. The molecular weight excluding hydrogens is 276 g/mol. The fourth-order valence-electron chi connectivity index (χ4n) is 1.96. The van der Waals surface area contributed by atoms with E-state index in [0.29, 0.717) is 22.1 Å². The Labute approximate surface area is 123 Å². The highest BCUT2D eigenvalue weighted by molar-refractivity contribution is 6.30. The Morgan fingerprint density at radius 3 is 2.60 bits per heavy atom. The third kappa shape index (κ3) is 3.31. The number of rotatable bonds is 5. The maximum Gasteiger partial charge on any atom is 0.167 e. The van der Waals surface area contributed by atoms with Gasteiger partial charge in [-0.05, 0) is 30.3 Å². The molecule has 0 bridgehead atoms. The highest BCUT2D eigenvalue weighted by Crippen LogP contribution is 2.24. The lowest BCUT2D eigenvalue weighted by Gasteiger charge is -2.09. The van der Waals surface area contributed by atoms with Crippen LogP contribution in [0.2, 0.25) is 5.02 Å². The molecular formula is C16H15ClO3. The standard InChI is InChI=1S/C16H15ClO3/c1-19-14-5-3-4-11(9-14)15(18)10-12-8-13(17)6-7-16(12)20-2/h3-9H,10H2,1-2H3. The van der Waals surface area contributed by atoms with Gasteiger partial charge in [0.05, 0.1) is 14.2 Å². The van der Waals surface area contributed by atoms with Crippen LogP contribution in [0.25, 0.3) is 0 Å². The zero-order valence-electron chi connectivity index (χ0n) is 11.4. The van der Waals surface area contributed by atoms with Gasteiger partial charge in [-0.2, -0.15) is 0 Å². The van der Waals surface area contributed by atoms with E-state index in [4.69, 9.17) is 21.1 Å². The van der Waals surface area contributed by atoms with E-state index in [9.17, 15) is 4.79 Å². The first-order valence-electron chi connectivity index (χ1n) is 6.13. The van der Waals surface area contributed by atoms with Gasteiger partial charge in [-0.3, -0.25) is 4.79 Å². The highest BCUT2D eigenvalue weighted by Gasteiger charge is 2.12. The van der Waals surface area contributed by atoms with Gasteiger partial charge in [0.2, 0.25) is 0 Å². The second-order valence-corrected chi connectivity index (χ2v) is 4.72. The van der Waals surface area contributed by atoms with Gasteiger partial charge >= 0.3 is 0 Å². The summed E-state index contributed by atoms with van der Waals surface area (Å²) in [4.78, 5) is 12.3. The van der Waals surface area contributed by atoms with Crippen molar-refractivity contribution in [1.82, 2.24) is 0 Å². The van der Waals surface area contributed by atoms with Crippen LogP contribution in [0.5, 0.6) is 11.5 Å². The van der Waals surface area contributed by atoms with Gasteiger partial charge in [0.15, 0.2) is 5.78 Å². The number of halogens is 1. The van der Waals surface area contributed by atoms with E-state index in [-0.39, 0.29) is 12.2 Å². The number of benzene rings is 2. The Kier molecular flexibility index (Phi) is 4.64. The average molecular weight is 291 g/mol. The van der Waals surface area contributed by atoms with E-state index in [1.54, 1.807) is 56.7 Å². The number of methoxy groups -OCH3 is 2. The molecule has 104 valence electrons. The summed E-state index contributed by atoms with van der Waals surface area (Å²) in [6, 6.07) is 12.3. The minimum atomic E-state index is -0.00975. The predicted octanol–water partition coefficient (Wildman–Crippen LogP) is 3.78. The molecule has 0 aromatic heterocycles. The Balaban J connectivity index is 2.25. The van der Waals surface area contributed by atoms with E-state index in [0.717, 1.165) is 5.56 Å². The van der Waals surface area contributed by atoms with Crippen LogP contribution in [-0.2, 0) is 6.42 Å². The molecule has 2 aromatic rings. The van der Waals surface area contributed by atoms with Gasteiger partial charge in [0.25, 0.3) is 0 Å². The van der Waals surface area contributed by atoms with Gasteiger partial charge < -0.3 is 9.47 Å². The predicted molar refractivity (Wildman–Crippen MR) is 79.0 cm³/mol. The van der Waals surface area contributed by atoms with Crippen LogP contribution in [0.1, 0.15) is 15.9 Å². The molecule has 20 heavy (non-hydrogen) atoms. The van der Waals surface area contributed by atoms with Crippen molar-refractivity contribution < 1.29 is 14.3 Å². The van der Waals surface area contributed by atoms with Crippen LogP contribution >= 0.6 is 11.6 Å². The first kappa shape index (κ1) is 14.4. The third-order valence-electron chi connectivity index (χ3n) is 2.99. The van der Waals surface area contributed by atoms with Crippen LogP contribution in [0, 0.1) is 0 Å². The minimum absolute atomic E-state index is 0.00975. The molecule has 0 aliphatic heterocycles. The molecule has 0 radical (unpaired) electrons. The van der Waals surface area contributed by atoms with Crippen LogP contribution < -0.4 is 9.47 Å². The van der Waals surface area contributed by atoms with Crippen molar-refractivity contribution in [3.05, 3.63) is 58.6 Å². The summed E-state index contributed by atoms with van der Waals surface area (Å²) in [7, 11) is 3.15. The van der Waals surface area contributed by atoms with Gasteiger partial charge in [-0.1, -0.05) is 23.7 Å². The quantitative estimate of drug-likeness (QED) is 0.786. The monoisotopic (exact) mass is 290 g/mol. The average Bonchev–Trinajstić information content (AvgIpc) is 2.47. The summed E-state index contributed by atoms with van der Waals surface area (Å²) in [6.45, 7) is 0. The molecule has 0 saturated heterocycles. The maximum atomic E-state index is 12.3. The molecule has 3 nitrogen and oxygen atoms in total. The zero-order valence-corrected chi connectivity index (χ0v) is 12.1. The van der Waals surface area contributed by atoms with E-state index >= 15 is 0 Å². The lowest BCUT2D eigenvalue weighted by Crippen LogP contribution is -2.05. The lowest BCUT2D eigenvalue weighted by molar-refractivity contribution is 0.0992. The van der Waals surface area contributed by atoms with Crippen LogP contribution in [-0.4, -0.2) is 20.0 Å². The molecule has 0 amide bonds.